The van der Waals surface area contributed by atoms with Crippen LogP contribution in [-0.2, 0) is 20.0 Å². The lowest BCUT2D eigenvalue weighted by Gasteiger charge is -2.36. The average Bonchev–Trinajstić information content (AvgIpc) is 3.13. The van der Waals surface area contributed by atoms with Gasteiger partial charge < -0.3 is 4.52 Å². The molecule has 7 heteroatoms. The van der Waals surface area contributed by atoms with Crippen molar-refractivity contribution >= 4 is 35.0 Å². The zero-order chi connectivity index (χ0) is 19.6. The largest absolute Gasteiger partial charge is 0.313 e. The van der Waals surface area contributed by atoms with Crippen molar-refractivity contribution in [3.8, 4) is 0 Å². The molecule has 4 rings (SSSR count). The lowest BCUT2D eigenvalue weighted by molar-refractivity contribution is -0.129. The highest BCUT2D eigenvalue weighted by Crippen LogP contribution is 2.56. The fraction of sp³-hybridized carbons (Fsp3) is 0.333. The van der Waals surface area contributed by atoms with Crippen LogP contribution in [0.3, 0.4) is 0 Å². The highest BCUT2D eigenvalue weighted by atomic mass is 32.1. The Morgan fingerprint density at radius 3 is 2.64 bits per heavy atom. The van der Waals surface area contributed by atoms with Gasteiger partial charge in [-0.3, -0.25) is 14.0 Å². The van der Waals surface area contributed by atoms with Gasteiger partial charge in [-0.15, -0.1) is 11.3 Å². The van der Waals surface area contributed by atoms with E-state index < -0.39 is 7.52 Å². The SMILES string of the molecule is CCOP(=O)(Cc1ccccc1)N1CCC(c2nc3ccccc3s2)CC1=O. The molecule has 1 fully saturated rings. The number of benzene rings is 2. The Kier molecular flexibility index (Phi) is 5.63. The summed E-state index contributed by atoms with van der Waals surface area (Å²) in [7, 11) is -3.25. The molecule has 0 radical (unpaired) electrons. The molecule has 1 aliphatic rings. The summed E-state index contributed by atoms with van der Waals surface area (Å²) in [6.45, 7) is 2.56. The van der Waals surface area contributed by atoms with E-state index in [1.807, 2.05) is 55.5 Å². The van der Waals surface area contributed by atoms with E-state index in [2.05, 4.69) is 6.07 Å². The number of hydrogen-bond acceptors (Lipinski definition) is 5. The standard InChI is InChI=1S/C21H23N2O3PS/c1-2-26-27(25,15-16-8-4-3-5-9-16)23-13-12-17(14-20(23)24)21-22-18-10-6-7-11-19(18)28-21/h3-11,17H,2,12-15H2,1H3. The average molecular weight is 414 g/mol. The molecule has 0 bridgehead atoms. The van der Waals surface area contributed by atoms with Crippen LogP contribution in [0.2, 0.25) is 0 Å². The highest BCUT2D eigenvalue weighted by molar-refractivity contribution is 7.56. The molecular weight excluding hydrogens is 391 g/mol. The second-order valence-corrected chi connectivity index (χ2v) is 10.3. The number of para-hydroxylation sites is 1. The number of fused-ring (bicyclic) bond motifs is 1. The van der Waals surface area contributed by atoms with Crippen LogP contribution in [0.25, 0.3) is 10.2 Å². The maximum atomic E-state index is 13.6. The summed E-state index contributed by atoms with van der Waals surface area (Å²) in [5.41, 5.74) is 1.89. The molecule has 2 aromatic carbocycles. The number of carbonyl (C=O) groups is 1. The second-order valence-electron chi connectivity index (χ2n) is 6.93. The Morgan fingerprint density at radius 1 is 1.18 bits per heavy atom. The van der Waals surface area contributed by atoms with Crippen molar-refractivity contribution in [3.63, 3.8) is 0 Å². The van der Waals surface area contributed by atoms with Gasteiger partial charge in [-0.2, -0.15) is 0 Å². The summed E-state index contributed by atoms with van der Waals surface area (Å²) in [6, 6.07) is 17.6. The summed E-state index contributed by atoms with van der Waals surface area (Å²) in [6.07, 6.45) is 1.32. The van der Waals surface area contributed by atoms with Gasteiger partial charge in [0.25, 0.3) is 0 Å². The molecule has 2 heterocycles. The number of aromatic nitrogens is 1. The van der Waals surface area contributed by atoms with Crippen LogP contribution < -0.4 is 0 Å². The van der Waals surface area contributed by atoms with Crippen LogP contribution in [0.5, 0.6) is 0 Å². The third kappa shape index (κ3) is 3.90. The molecule has 1 aliphatic heterocycles. The molecule has 28 heavy (non-hydrogen) atoms. The Labute approximate surface area is 168 Å². The topological polar surface area (TPSA) is 59.5 Å². The van der Waals surface area contributed by atoms with E-state index in [-0.39, 0.29) is 18.0 Å². The predicted octanol–water partition coefficient (Wildman–Crippen LogP) is 5.43. The Hall–Kier alpha value is -2.01. The van der Waals surface area contributed by atoms with Gasteiger partial charge in [-0.25, -0.2) is 4.98 Å². The van der Waals surface area contributed by atoms with Gasteiger partial charge in [0.05, 0.1) is 28.0 Å². The fourth-order valence-electron chi connectivity index (χ4n) is 3.64. The van der Waals surface area contributed by atoms with Crippen LogP contribution in [-0.4, -0.2) is 28.7 Å². The number of rotatable bonds is 6. The number of hydrogen-bond donors (Lipinski definition) is 0. The zero-order valence-corrected chi connectivity index (χ0v) is 17.5. The Bertz CT molecular complexity index is 988. The summed E-state index contributed by atoms with van der Waals surface area (Å²) >= 11 is 1.65. The first-order valence-corrected chi connectivity index (χ1v) is 12.1. The molecule has 3 aromatic rings. The van der Waals surface area contributed by atoms with Crippen molar-refractivity contribution < 1.29 is 13.9 Å². The first kappa shape index (κ1) is 19.3. The molecule has 2 unspecified atom stereocenters. The van der Waals surface area contributed by atoms with E-state index >= 15 is 0 Å². The lowest BCUT2D eigenvalue weighted by Crippen LogP contribution is -2.36. The molecule has 0 aliphatic carbocycles. The van der Waals surface area contributed by atoms with E-state index in [0.717, 1.165) is 27.2 Å². The maximum absolute atomic E-state index is 13.6. The van der Waals surface area contributed by atoms with Gasteiger partial charge in [-0.1, -0.05) is 42.5 Å². The maximum Gasteiger partial charge on any atom is 0.302 e. The number of nitrogens with zero attached hydrogens (tertiary/aromatic N) is 2. The second kappa shape index (κ2) is 8.16. The molecule has 1 amide bonds. The van der Waals surface area contributed by atoms with Crippen molar-refractivity contribution in [3.05, 3.63) is 65.2 Å². The van der Waals surface area contributed by atoms with E-state index in [1.54, 1.807) is 11.3 Å². The van der Waals surface area contributed by atoms with Gasteiger partial charge >= 0.3 is 7.52 Å². The summed E-state index contributed by atoms with van der Waals surface area (Å²) < 4.78 is 21.9. The predicted molar refractivity (Wildman–Crippen MR) is 113 cm³/mol. The number of thiazole rings is 1. The minimum atomic E-state index is -3.25. The minimum absolute atomic E-state index is 0.0768. The van der Waals surface area contributed by atoms with Gasteiger partial charge in [0.15, 0.2) is 0 Å². The highest BCUT2D eigenvalue weighted by Gasteiger charge is 2.40. The smallest absolute Gasteiger partial charge is 0.302 e. The van der Waals surface area contributed by atoms with Crippen LogP contribution in [0.15, 0.2) is 54.6 Å². The molecule has 0 saturated carbocycles. The Morgan fingerprint density at radius 2 is 1.93 bits per heavy atom. The van der Waals surface area contributed by atoms with Crippen molar-refractivity contribution in [2.75, 3.05) is 13.2 Å². The summed E-state index contributed by atoms with van der Waals surface area (Å²) in [4.78, 5) is 17.7. The van der Waals surface area contributed by atoms with Crippen LogP contribution in [0.4, 0.5) is 0 Å². The third-order valence-electron chi connectivity index (χ3n) is 4.98. The van der Waals surface area contributed by atoms with Crippen LogP contribution >= 0.6 is 18.9 Å². The molecule has 1 aromatic heterocycles. The lowest BCUT2D eigenvalue weighted by atomic mass is 9.98. The van der Waals surface area contributed by atoms with Crippen molar-refractivity contribution in [1.29, 1.82) is 0 Å². The molecule has 1 saturated heterocycles. The third-order valence-corrected chi connectivity index (χ3v) is 8.77. The number of carbonyl (C=O) groups excluding carboxylic acids is 1. The molecule has 2 atom stereocenters. The molecule has 0 N–H and O–H groups in total. The van der Waals surface area contributed by atoms with Crippen LogP contribution in [0.1, 0.15) is 36.3 Å². The Balaban J connectivity index is 1.53. The molecule has 146 valence electrons. The van der Waals surface area contributed by atoms with Gasteiger partial charge in [0.1, 0.15) is 0 Å². The number of amides is 1. The summed E-state index contributed by atoms with van der Waals surface area (Å²) in [5, 5.41) is 0.989. The monoisotopic (exact) mass is 414 g/mol. The van der Waals surface area contributed by atoms with Crippen molar-refractivity contribution in [1.82, 2.24) is 9.65 Å². The van der Waals surface area contributed by atoms with E-state index in [4.69, 9.17) is 9.51 Å². The zero-order valence-electron chi connectivity index (χ0n) is 15.8. The molecule has 5 nitrogen and oxygen atoms in total. The van der Waals surface area contributed by atoms with E-state index in [1.165, 1.54) is 4.67 Å². The molecule has 0 spiro atoms. The first-order valence-electron chi connectivity index (χ1n) is 9.53. The molecular formula is C21H23N2O3PS. The summed E-state index contributed by atoms with van der Waals surface area (Å²) in [5.74, 6) is -0.0313. The normalized spacial score (nSPS) is 19.7. The number of piperidine rings is 1. The van der Waals surface area contributed by atoms with Crippen molar-refractivity contribution in [2.24, 2.45) is 0 Å². The van der Waals surface area contributed by atoms with Crippen molar-refractivity contribution in [2.45, 2.75) is 31.8 Å². The van der Waals surface area contributed by atoms with Gasteiger partial charge in [0, 0.05) is 18.9 Å². The fourth-order valence-corrected chi connectivity index (χ4v) is 7.06. The van der Waals surface area contributed by atoms with Gasteiger partial charge in [-0.05, 0) is 31.0 Å². The van der Waals surface area contributed by atoms with E-state index in [0.29, 0.717) is 19.6 Å². The quantitative estimate of drug-likeness (QED) is 0.505. The van der Waals surface area contributed by atoms with E-state index in [9.17, 15) is 9.36 Å². The van der Waals surface area contributed by atoms with Crippen LogP contribution in [0, 0.1) is 0 Å². The van der Waals surface area contributed by atoms with Gasteiger partial charge in [0.2, 0.25) is 5.91 Å². The first-order chi connectivity index (χ1) is 13.6. The minimum Gasteiger partial charge on any atom is -0.313 e.